The molecule has 4 heterocycles. The first-order valence-electron chi connectivity index (χ1n) is 13.3. The van der Waals surface area contributed by atoms with E-state index in [1.165, 1.54) is 7.05 Å². The van der Waals surface area contributed by atoms with Crippen LogP contribution in [0, 0.1) is 11.6 Å². The van der Waals surface area contributed by atoms with E-state index in [4.69, 9.17) is 4.74 Å². The van der Waals surface area contributed by atoms with E-state index in [-0.39, 0.29) is 34.7 Å². The highest BCUT2D eigenvalue weighted by atomic mass is 19.4. The second-order valence-corrected chi connectivity index (χ2v) is 11.1. The molecule has 1 unspecified atom stereocenters. The molecule has 0 bridgehead atoms. The molecular weight excluding hydrogens is 569 g/mol. The van der Waals surface area contributed by atoms with Gasteiger partial charge >= 0.3 is 11.9 Å². The molecule has 2 saturated heterocycles. The van der Waals surface area contributed by atoms with Gasteiger partial charge in [-0.2, -0.15) is 27.5 Å². The van der Waals surface area contributed by atoms with Crippen LogP contribution in [-0.2, 0) is 7.05 Å². The number of anilines is 3. The van der Waals surface area contributed by atoms with Gasteiger partial charge in [0.25, 0.3) is 0 Å². The number of aryl methyl sites for hydroxylation is 1. The molecule has 0 aliphatic carbocycles. The molecule has 3 N–H and O–H groups in total. The fourth-order valence-electron chi connectivity index (χ4n) is 5.61. The van der Waals surface area contributed by atoms with Crippen LogP contribution in [0.5, 0.6) is 5.75 Å². The lowest BCUT2D eigenvalue weighted by Crippen LogP contribution is -2.55. The Bertz CT molecular complexity index is 1510. The smallest absolute Gasteiger partial charge is 0.417 e. The zero-order chi connectivity index (χ0) is 30.4. The van der Waals surface area contributed by atoms with Crippen LogP contribution in [0.3, 0.4) is 0 Å². The van der Waals surface area contributed by atoms with Crippen LogP contribution in [-0.4, -0.2) is 82.8 Å². The second kappa shape index (κ2) is 11.1. The lowest BCUT2D eigenvalue weighted by atomic mass is 9.84. The van der Waals surface area contributed by atoms with Gasteiger partial charge in [0.15, 0.2) is 23.6 Å². The summed E-state index contributed by atoms with van der Waals surface area (Å²) in [6, 6.07) is 2.05. The molecule has 1 aromatic carbocycles. The van der Waals surface area contributed by atoms with Crippen molar-refractivity contribution in [3.8, 4) is 11.4 Å². The largest absolute Gasteiger partial charge is 0.488 e. The molecule has 12 nitrogen and oxygen atoms in total. The molecule has 0 amide bonds. The highest BCUT2D eigenvalue weighted by molar-refractivity contribution is 5.63. The van der Waals surface area contributed by atoms with Crippen molar-refractivity contribution in [1.82, 2.24) is 34.7 Å². The fourth-order valence-corrected chi connectivity index (χ4v) is 5.61. The number of hydrogen-bond acceptors (Lipinski definition) is 10. The minimum Gasteiger partial charge on any atom is -0.488 e. The third kappa shape index (κ3) is 6.01. The van der Waals surface area contributed by atoms with Crippen LogP contribution in [0.15, 0.2) is 23.1 Å². The van der Waals surface area contributed by atoms with Gasteiger partial charge in [0.2, 0.25) is 5.95 Å². The summed E-state index contributed by atoms with van der Waals surface area (Å²) < 4.78 is 74.8. The van der Waals surface area contributed by atoms with Crippen molar-refractivity contribution in [3.63, 3.8) is 0 Å². The molecule has 3 aromatic rings. The Morgan fingerprint density at radius 3 is 2.67 bits per heavy atom. The highest BCUT2D eigenvalue weighted by Crippen LogP contribution is 2.39. The summed E-state index contributed by atoms with van der Waals surface area (Å²) in [5, 5.41) is 22.3. The quantitative estimate of drug-likeness (QED) is 0.332. The number of aliphatic hydroxyl groups is 1. The monoisotopic (exact) mass is 599 g/mol. The number of hydrogen-bond donors (Lipinski definition) is 3. The Balaban J connectivity index is 1.41. The molecule has 2 aliphatic heterocycles. The normalized spacial score (nSPS) is 21.2. The third-order valence-corrected chi connectivity index (χ3v) is 7.56. The molecule has 3 atom stereocenters. The van der Waals surface area contributed by atoms with E-state index in [0.29, 0.717) is 16.8 Å². The van der Waals surface area contributed by atoms with Crippen molar-refractivity contribution in [2.24, 2.45) is 7.05 Å². The Hall–Kier alpha value is -3.86. The minimum atomic E-state index is -4.99. The first-order valence-corrected chi connectivity index (χ1v) is 13.3. The zero-order valence-electron chi connectivity index (χ0n) is 23.0. The molecule has 5 rings (SSSR count). The Labute approximate surface area is 236 Å². The van der Waals surface area contributed by atoms with E-state index >= 15 is 4.39 Å². The van der Waals surface area contributed by atoms with Gasteiger partial charge < -0.3 is 20.5 Å². The topological polar surface area (TPSA) is 135 Å². The molecule has 17 heteroatoms. The summed E-state index contributed by atoms with van der Waals surface area (Å²) >= 11 is 0. The standard InChI is InChI=1S/C25H30F5N9O3/c1-24(2)10-13(7-14-5-4-6-38(14)24)32-21-16(27)11-31-22(34-21)33-17-9-18(39-23(41)37(3)35-36-39)19(8-15(17)26)42-12-20(40)25(28,29)30/h8-9,11,13-14,20,40H,4-7,10,12H2,1-3H3,(H2,31,32,33,34)/t13-,14+,20?/m1/s1. The number of aromatic nitrogens is 6. The van der Waals surface area contributed by atoms with Crippen LogP contribution < -0.4 is 21.1 Å². The van der Waals surface area contributed by atoms with Crippen molar-refractivity contribution in [2.45, 2.75) is 69.4 Å². The van der Waals surface area contributed by atoms with Crippen molar-refractivity contribution in [1.29, 1.82) is 0 Å². The number of nitrogens with zero attached hydrogens (tertiary/aromatic N) is 7. The zero-order valence-corrected chi connectivity index (χ0v) is 23.0. The maximum atomic E-state index is 15.2. The van der Waals surface area contributed by atoms with Crippen molar-refractivity contribution in [2.75, 3.05) is 23.8 Å². The lowest BCUT2D eigenvalue weighted by molar-refractivity contribution is -0.210. The van der Waals surface area contributed by atoms with E-state index in [1.54, 1.807) is 0 Å². The molecule has 0 radical (unpaired) electrons. The van der Waals surface area contributed by atoms with Crippen LogP contribution in [0.2, 0.25) is 0 Å². The van der Waals surface area contributed by atoms with Gasteiger partial charge in [-0.05, 0) is 62.6 Å². The second-order valence-electron chi connectivity index (χ2n) is 11.1. The van der Waals surface area contributed by atoms with E-state index in [2.05, 4.69) is 49.8 Å². The number of aliphatic hydroxyl groups excluding tert-OH is 1. The van der Waals surface area contributed by atoms with Gasteiger partial charge in [0.1, 0.15) is 18.0 Å². The molecule has 0 spiro atoms. The van der Waals surface area contributed by atoms with Gasteiger partial charge in [0.05, 0.1) is 11.9 Å². The summed E-state index contributed by atoms with van der Waals surface area (Å²) in [5.74, 6) is -2.51. The number of ether oxygens (including phenoxy) is 1. The maximum Gasteiger partial charge on any atom is 0.417 e. The summed E-state index contributed by atoms with van der Waals surface area (Å²) in [7, 11) is 1.28. The van der Waals surface area contributed by atoms with Gasteiger partial charge in [-0.1, -0.05) is 0 Å². The predicted molar refractivity (Wildman–Crippen MR) is 140 cm³/mol. The van der Waals surface area contributed by atoms with Crippen molar-refractivity contribution >= 4 is 17.5 Å². The first kappa shape index (κ1) is 29.6. The minimum absolute atomic E-state index is 0.0630. The number of rotatable bonds is 8. The van der Waals surface area contributed by atoms with Gasteiger partial charge in [-0.25, -0.2) is 18.6 Å². The number of nitrogens with one attached hydrogen (secondary N) is 2. The Morgan fingerprint density at radius 2 is 1.98 bits per heavy atom. The molecule has 228 valence electrons. The van der Waals surface area contributed by atoms with Gasteiger partial charge in [-0.15, -0.1) is 0 Å². The van der Waals surface area contributed by atoms with Crippen LogP contribution in [0.1, 0.15) is 39.5 Å². The van der Waals surface area contributed by atoms with Crippen molar-refractivity contribution in [3.05, 3.63) is 40.4 Å². The van der Waals surface area contributed by atoms with Crippen LogP contribution in [0.4, 0.5) is 39.4 Å². The summed E-state index contributed by atoms with van der Waals surface area (Å²) in [4.78, 5) is 23.0. The number of fused-ring (bicyclic) bond motifs is 1. The van der Waals surface area contributed by atoms with Crippen LogP contribution >= 0.6 is 0 Å². The highest BCUT2D eigenvalue weighted by Gasteiger charge is 2.43. The number of halogens is 5. The maximum absolute atomic E-state index is 15.2. The molecule has 2 aliphatic rings. The van der Waals surface area contributed by atoms with Gasteiger partial charge in [0, 0.05) is 30.7 Å². The summed E-state index contributed by atoms with van der Waals surface area (Å²) in [5.41, 5.74) is -1.49. The van der Waals surface area contributed by atoms with E-state index in [9.17, 15) is 27.5 Å². The molecular formula is C25H30F5N9O3. The number of benzene rings is 1. The third-order valence-electron chi connectivity index (χ3n) is 7.56. The Morgan fingerprint density at radius 1 is 1.21 bits per heavy atom. The van der Waals surface area contributed by atoms with Crippen LogP contribution in [0.25, 0.3) is 5.69 Å². The van der Waals surface area contributed by atoms with Gasteiger partial charge in [-0.3, -0.25) is 4.90 Å². The van der Waals surface area contributed by atoms with E-state index < -0.39 is 42.0 Å². The Kier molecular flexibility index (Phi) is 7.82. The lowest BCUT2D eigenvalue weighted by Gasteiger charge is -2.47. The number of tetrazole rings is 1. The molecule has 2 fully saturated rings. The molecule has 0 saturated carbocycles. The van der Waals surface area contributed by atoms with E-state index in [0.717, 1.165) is 49.2 Å². The predicted octanol–water partition coefficient (Wildman–Crippen LogP) is 2.90. The van der Waals surface area contributed by atoms with E-state index in [1.807, 2.05) is 0 Å². The molecule has 42 heavy (non-hydrogen) atoms. The number of alkyl halides is 3. The first-order chi connectivity index (χ1) is 19.7. The average molecular weight is 600 g/mol. The summed E-state index contributed by atoms with van der Waals surface area (Å²) in [6.45, 7) is 4.07. The summed E-state index contributed by atoms with van der Waals surface area (Å²) in [6.07, 6.45) is -3.19. The van der Waals surface area contributed by atoms with Crippen molar-refractivity contribution < 1.29 is 31.8 Å². The molecule has 2 aromatic heterocycles. The number of piperidine rings is 1. The fraction of sp³-hybridized carbons (Fsp3) is 0.560. The average Bonchev–Trinajstić information content (AvgIpc) is 3.52. The SMILES string of the molecule is Cn1nnn(-c2cc(Nc3ncc(F)c(N[C@@H]4C[C@@H]5CCCN5C(C)(C)C4)n3)c(F)cc2OCC(O)C(F)(F)F)c1=O.